The number of pyridine rings is 1. The van der Waals surface area contributed by atoms with Gasteiger partial charge in [0.25, 0.3) is 0 Å². The van der Waals surface area contributed by atoms with Crippen LogP contribution in [0.15, 0.2) is 18.2 Å². The molecule has 0 radical (unpaired) electrons. The van der Waals surface area contributed by atoms with E-state index in [1.165, 1.54) is 19.4 Å². The number of likely N-dealkylation sites (N-methyl/N-ethyl adjacent to an activating group) is 1. The second-order valence-electron chi connectivity index (χ2n) is 5.06. The van der Waals surface area contributed by atoms with Crippen molar-refractivity contribution in [3.8, 4) is 0 Å². The maximum atomic E-state index is 5.73. The van der Waals surface area contributed by atoms with Crippen LogP contribution in [0.4, 0.5) is 0 Å². The third-order valence-corrected chi connectivity index (χ3v) is 3.65. The highest BCUT2D eigenvalue weighted by Gasteiger charge is 2.22. The summed E-state index contributed by atoms with van der Waals surface area (Å²) in [5.41, 5.74) is 7.64. The lowest BCUT2D eigenvalue weighted by Crippen LogP contribution is -2.31. The Labute approximate surface area is 107 Å². The summed E-state index contributed by atoms with van der Waals surface area (Å²) in [6.07, 6.45) is 2.40. The molecule has 3 heterocycles. The molecule has 18 heavy (non-hydrogen) atoms. The van der Waals surface area contributed by atoms with Crippen LogP contribution in [0.25, 0.3) is 5.65 Å². The topological polar surface area (TPSA) is 59.5 Å². The van der Waals surface area contributed by atoms with E-state index in [0.717, 1.165) is 23.7 Å². The zero-order chi connectivity index (χ0) is 12.5. The molecule has 1 saturated heterocycles. The summed E-state index contributed by atoms with van der Waals surface area (Å²) in [4.78, 5) is 7.00. The monoisotopic (exact) mass is 245 g/mol. The maximum absolute atomic E-state index is 5.73. The van der Waals surface area contributed by atoms with Crippen LogP contribution < -0.4 is 5.73 Å². The Morgan fingerprint density at radius 1 is 1.44 bits per heavy atom. The molecule has 0 spiro atoms. The lowest BCUT2D eigenvalue weighted by atomic mass is 9.98. The molecule has 96 valence electrons. The van der Waals surface area contributed by atoms with Gasteiger partial charge >= 0.3 is 0 Å². The number of nitrogens with two attached hydrogens (primary N) is 1. The normalized spacial score (nSPS) is 21.6. The van der Waals surface area contributed by atoms with Crippen molar-refractivity contribution in [3.63, 3.8) is 0 Å². The second kappa shape index (κ2) is 4.66. The average Bonchev–Trinajstić information content (AvgIpc) is 2.82. The molecule has 1 aliphatic heterocycles. The third kappa shape index (κ3) is 2.00. The fourth-order valence-corrected chi connectivity index (χ4v) is 2.68. The molecule has 5 heteroatoms. The first-order valence-corrected chi connectivity index (χ1v) is 6.51. The van der Waals surface area contributed by atoms with Crippen LogP contribution in [-0.2, 0) is 6.54 Å². The van der Waals surface area contributed by atoms with Crippen molar-refractivity contribution >= 4 is 5.65 Å². The molecule has 2 aromatic rings. The molecule has 1 fully saturated rings. The first kappa shape index (κ1) is 11.6. The van der Waals surface area contributed by atoms with Gasteiger partial charge in [-0.3, -0.25) is 0 Å². The van der Waals surface area contributed by atoms with Crippen molar-refractivity contribution in [3.05, 3.63) is 29.7 Å². The number of hydrogen-bond donors (Lipinski definition) is 1. The van der Waals surface area contributed by atoms with Gasteiger partial charge in [-0.2, -0.15) is 5.10 Å². The molecule has 0 bridgehead atoms. The largest absolute Gasteiger partial charge is 0.325 e. The van der Waals surface area contributed by atoms with E-state index in [4.69, 9.17) is 5.73 Å². The highest BCUT2D eigenvalue weighted by atomic mass is 15.3. The van der Waals surface area contributed by atoms with E-state index in [1.807, 2.05) is 22.7 Å². The summed E-state index contributed by atoms with van der Waals surface area (Å²) in [7, 11) is 2.16. The van der Waals surface area contributed by atoms with E-state index < -0.39 is 0 Å². The Morgan fingerprint density at radius 3 is 3.11 bits per heavy atom. The van der Waals surface area contributed by atoms with Crippen molar-refractivity contribution in [2.45, 2.75) is 25.3 Å². The molecule has 1 atom stereocenters. The minimum atomic E-state index is 0.453. The minimum absolute atomic E-state index is 0.453. The van der Waals surface area contributed by atoms with Gasteiger partial charge in [0.15, 0.2) is 11.5 Å². The summed E-state index contributed by atoms with van der Waals surface area (Å²) < 4.78 is 1.88. The van der Waals surface area contributed by atoms with Crippen LogP contribution in [0.5, 0.6) is 0 Å². The van der Waals surface area contributed by atoms with Gasteiger partial charge in [-0.25, -0.2) is 9.50 Å². The van der Waals surface area contributed by atoms with Gasteiger partial charge in [-0.05, 0) is 38.6 Å². The standard InChI is InChI=1S/C13H19N5/c1-17-7-3-4-10(9-17)13-15-12-6-2-5-11(8-14)18(12)16-13/h2,5-6,10H,3-4,7-9,14H2,1H3. The number of aromatic nitrogens is 3. The number of nitrogens with zero attached hydrogens (tertiary/aromatic N) is 4. The SMILES string of the molecule is CN1CCCC(c2nc3cccc(CN)n3n2)C1. The van der Waals surface area contributed by atoms with Gasteiger partial charge in [0.2, 0.25) is 0 Å². The number of rotatable bonds is 2. The summed E-state index contributed by atoms with van der Waals surface area (Å²) in [5, 5.41) is 4.64. The van der Waals surface area contributed by atoms with Gasteiger partial charge in [-0.1, -0.05) is 6.07 Å². The average molecular weight is 245 g/mol. The first-order chi connectivity index (χ1) is 8.78. The van der Waals surface area contributed by atoms with E-state index in [-0.39, 0.29) is 0 Å². The maximum Gasteiger partial charge on any atom is 0.156 e. The molecule has 0 amide bonds. The quantitative estimate of drug-likeness (QED) is 0.857. The van der Waals surface area contributed by atoms with Crippen molar-refractivity contribution in [1.29, 1.82) is 0 Å². The summed E-state index contributed by atoms with van der Waals surface area (Å²) >= 11 is 0. The first-order valence-electron chi connectivity index (χ1n) is 6.51. The molecule has 0 saturated carbocycles. The predicted octanol–water partition coefficient (Wildman–Crippen LogP) is 0.997. The minimum Gasteiger partial charge on any atom is -0.325 e. The molecule has 1 unspecified atom stereocenters. The van der Waals surface area contributed by atoms with Crippen LogP contribution in [0.1, 0.15) is 30.3 Å². The highest BCUT2D eigenvalue weighted by molar-refractivity contribution is 5.39. The van der Waals surface area contributed by atoms with Gasteiger partial charge in [-0.15, -0.1) is 0 Å². The molecule has 2 aromatic heterocycles. The number of fused-ring (bicyclic) bond motifs is 1. The summed E-state index contributed by atoms with van der Waals surface area (Å²) in [6.45, 7) is 2.72. The number of hydrogen-bond acceptors (Lipinski definition) is 4. The molecule has 3 rings (SSSR count). The Hall–Kier alpha value is -1.46. The van der Waals surface area contributed by atoms with Gasteiger partial charge < -0.3 is 10.6 Å². The fraction of sp³-hybridized carbons (Fsp3) is 0.538. The molecule has 2 N–H and O–H groups in total. The Morgan fingerprint density at radius 2 is 2.33 bits per heavy atom. The van der Waals surface area contributed by atoms with E-state index in [2.05, 4.69) is 22.0 Å². The smallest absolute Gasteiger partial charge is 0.156 e. The Bertz CT molecular complexity index is 547. The van der Waals surface area contributed by atoms with Crippen LogP contribution in [0.3, 0.4) is 0 Å². The lowest BCUT2D eigenvalue weighted by Gasteiger charge is -2.27. The van der Waals surface area contributed by atoms with Crippen LogP contribution in [0, 0.1) is 0 Å². The second-order valence-corrected chi connectivity index (χ2v) is 5.06. The van der Waals surface area contributed by atoms with Crippen molar-refractivity contribution in [2.24, 2.45) is 5.73 Å². The van der Waals surface area contributed by atoms with Gasteiger partial charge in [0.05, 0.1) is 5.69 Å². The molecular formula is C13H19N5. The van der Waals surface area contributed by atoms with Crippen LogP contribution >= 0.6 is 0 Å². The van der Waals surface area contributed by atoms with Crippen LogP contribution in [-0.4, -0.2) is 39.6 Å². The molecule has 5 nitrogen and oxygen atoms in total. The zero-order valence-electron chi connectivity index (χ0n) is 10.7. The number of likely N-dealkylation sites (tertiary alicyclic amines) is 1. The molecule has 0 aromatic carbocycles. The van der Waals surface area contributed by atoms with E-state index in [9.17, 15) is 0 Å². The lowest BCUT2D eigenvalue weighted by molar-refractivity contribution is 0.246. The summed E-state index contributed by atoms with van der Waals surface area (Å²) in [5.74, 6) is 1.41. The summed E-state index contributed by atoms with van der Waals surface area (Å²) in [6, 6.07) is 5.98. The Balaban J connectivity index is 1.97. The van der Waals surface area contributed by atoms with Crippen molar-refractivity contribution < 1.29 is 0 Å². The van der Waals surface area contributed by atoms with E-state index in [0.29, 0.717) is 12.5 Å². The van der Waals surface area contributed by atoms with Gasteiger partial charge in [0.1, 0.15) is 0 Å². The molecule has 1 aliphatic rings. The molecular weight excluding hydrogens is 226 g/mol. The van der Waals surface area contributed by atoms with E-state index in [1.54, 1.807) is 0 Å². The van der Waals surface area contributed by atoms with Crippen molar-refractivity contribution in [2.75, 3.05) is 20.1 Å². The third-order valence-electron chi connectivity index (χ3n) is 3.65. The zero-order valence-corrected chi connectivity index (χ0v) is 10.7. The fourth-order valence-electron chi connectivity index (χ4n) is 2.68. The van der Waals surface area contributed by atoms with Crippen LogP contribution in [0.2, 0.25) is 0 Å². The molecule has 0 aliphatic carbocycles. The van der Waals surface area contributed by atoms with Crippen molar-refractivity contribution in [1.82, 2.24) is 19.5 Å². The predicted molar refractivity (Wildman–Crippen MR) is 70.4 cm³/mol. The van der Waals surface area contributed by atoms with Gasteiger partial charge in [0, 0.05) is 19.0 Å². The highest BCUT2D eigenvalue weighted by Crippen LogP contribution is 2.24. The Kier molecular flexibility index (Phi) is 3.01. The van der Waals surface area contributed by atoms with E-state index >= 15 is 0 Å². The number of piperidine rings is 1.